The summed E-state index contributed by atoms with van der Waals surface area (Å²) < 4.78 is 14.4. The molecule has 0 aliphatic heterocycles. The minimum atomic E-state index is -0.326. The minimum absolute atomic E-state index is 0.326. The molecular weight excluding hydrogens is 251 g/mol. The molecule has 18 heavy (non-hydrogen) atoms. The molecule has 0 amide bonds. The molecular formula is C12H11FN4S. The minimum Gasteiger partial charge on any atom is -0.349 e. The third-order valence-corrected chi connectivity index (χ3v) is 3.60. The Morgan fingerprint density at radius 1 is 1.39 bits per heavy atom. The summed E-state index contributed by atoms with van der Waals surface area (Å²) in [7, 11) is 0. The van der Waals surface area contributed by atoms with E-state index >= 15 is 0 Å². The normalized spacial score (nSPS) is 11.0. The van der Waals surface area contributed by atoms with Gasteiger partial charge in [-0.1, -0.05) is 0 Å². The zero-order chi connectivity index (χ0) is 12.5. The number of thiophene rings is 1. The number of fused-ring (bicyclic) bond motifs is 1. The van der Waals surface area contributed by atoms with Crippen LogP contribution < -0.4 is 5.32 Å². The first-order chi connectivity index (χ1) is 8.72. The molecule has 0 saturated heterocycles. The second-order valence-electron chi connectivity index (χ2n) is 4.02. The molecule has 0 spiro atoms. The SMILES string of the molecule is Cc1cscc1CNc1nc2ccc(F)cn2n1. The quantitative estimate of drug-likeness (QED) is 0.789. The van der Waals surface area contributed by atoms with Crippen molar-refractivity contribution in [1.29, 1.82) is 0 Å². The molecule has 3 heterocycles. The first kappa shape index (κ1) is 11.2. The van der Waals surface area contributed by atoms with Crippen LogP contribution in [-0.4, -0.2) is 14.6 Å². The van der Waals surface area contributed by atoms with Gasteiger partial charge in [-0.2, -0.15) is 16.3 Å². The van der Waals surface area contributed by atoms with Gasteiger partial charge < -0.3 is 5.32 Å². The lowest BCUT2D eigenvalue weighted by Gasteiger charge is -2.00. The zero-order valence-electron chi connectivity index (χ0n) is 9.72. The summed E-state index contributed by atoms with van der Waals surface area (Å²) in [6, 6.07) is 2.97. The van der Waals surface area contributed by atoms with E-state index in [2.05, 4.69) is 33.1 Å². The van der Waals surface area contributed by atoms with Crippen LogP contribution >= 0.6 is 11.3 Å². The van der Waals surface area contributed by atoms with Gasteiger partial charge in [0, 0.05) is 6.54 Å². The van der Waals surface area contributed by atoms with E-state index in [-0.39, 0.29) is 5.82 Å². The highest BCUT2D eigenvalue weighted by molar-refractivity contribution is 7.08. The molecule has 4 nitrogen and oxygen atoms in total. The number of nitrogens with one attached hydrogen (secondary N) is 1. The second kappa shape index (κ2) is 4.38. The van der Waals surface area contributed by atoms with Crippen LogP contribution in [0.2, 0.25) is 0 Å². The van der Waals surface area contributed by atoms with Crippen LogP contribution in [0, 0.1) is 12.7 Å². The molecule has 0 aliphatic carbocycles. The first-order valence-electron chi connectivity index (χ1n) is 5.50. The lowest BCUT2D eigenvalue weighted by Crippen LogP contribution is -2.01. The summed E-state index contributed by atoms with van der Waals surface area (Å²) in [4.78, 5) is 4.26. The van der Waals surface area contributed by atoms with Gasteiger partial charge in [-0.05, 0) is 40.9 Å². The van der Waals surface area contributed by atoms with Crippen molar-refractivity contribution >= 4 is 22.9 Å². The summed E-state index contributed by atoms with van der Waals surface area (Å²) in [5.41, 5.74) is 3.10. The van der Waals surface area contributed by atoms with Crippen molar-refractivity contribution in [3.8, 4) is 0 Å². The highest BCUT2D eigenvalue weighted by Gasteiger charge is 2.05. The number of aryl methyl sites for hydroxylation is 1. The third kappa shape index (κ3) is 2.06. The van der Waals surface area contributed by atoms with Crippen molar-refractivity contribution < 1.29 is 4.39 Å². The molecule has 6 heteroatoms. The summed E-state index contributed by atoms with van der Waals surface area (Å²) in [6.07, 6.45) is 1.31. The second-order valence-corrected chi connectivity index (χ2v) is 4.76. The van der Waals surface area contributed by atoms with Crippen molar-refractivity contribution in [3.63, 3.8) is 0 Å². The number of hydrogen-bond donors (Lipinski definition) is 1. The van der Waals surface area contributed by atoms with Crippen molar-refractivity contribution in [2.45, 2.75) is 13.5 Å². The maximum Gasteiger partial charge on any atom is 0.243 e. The topological polar surface area (TPSA) is 42.2 Å². The zero-order valence-corrected chi connectivity index (χ0v) is 10.5. The van der Waals surface area contributed by atoms with Gasteiger partial charge in [0.25, 0.3) is 0 Å². The van der Waals surface area contributed by atoms with Gasteiger partial charge in [0.05, 0.1) is 6.20 Å². The smallest absolute Gasteiger partial charge is 0.243 e. The Hall–Kier alpha value is -1.95. The highest BCUT2D eigenvalue weighted by Crippen LogP contribution is 2.15. The number of pyridine rings is 1. The lowest BCUT2D eigenvalue weighted by atomic mass is 10.2. The fourth-order valence-corrected chi connectivity index (χ4v) is 2.53. The van der Waals surface area contributed by atoms with Crippen molar-refractivity contribution in [2.75, 3.05) is 5.32 Å². The maximum atomic E-state index is 13.0. The lowest BCUT2D eigenvalue weighted by molar-refractivity contribution is 0.615. The van der Waals surface area contributed by atoms with E-state index in [0.717, 1.165) is 0 Å². The standard InChI is InChI=1S/C12H11FN4S/c1-8-6-18-7-9(8)4-14-12-15-11-3-2-10(13)5-17(11)16-12/h2-3,5-7H,4H2,1H3,(H,14,16). The number of nitrogens with zero attached hydrogens (tertiary/aromatic N) is 3. The van der Waals surface area contributed by atoms with Crippen LogP contribution in [-0.2, 0) is 6.54 Å². The Bertz CT molecular complexity index is 688. The fourth-order valence-electron chi connectivity index (χ4n) is 1.68. The van der Waals surface area contributed by atoms with Crippen LogP contribution in [0.4, 0.5) is 10.3 Å². The molecule has 0 aromatic carbocycles. The molecule has 0 saturated carbocycles. The molecule has 3 aromatic heterocycles. The number of hydrogen-bond acceptors (Lipinski definition) is 4. The number of halogens is 1. The molecule has 92 valence electrons. The van der Waals surface area contributed by atoms with Crippen LogP contribution in [0.25, 0.3) is 5.65 Å². The molecule has 0 bridgehead atoms. The van der Waals surface area contributed by atoms with Gasteiger partial charge in [0.15, 0.2) is 5.65 Å². The predicted molar refractivity (Wildman–Crippen MR) is 69.3 cm³/mol. The Morgan fingerprint density at radius 2 is 2.28 bits per heavy atom. The molecule has 3 rings (SSSR count). The molecule has 0 unspecified atom stereocenters. The van der Waals surface area contributed by atoms with Gasteiger partial charge in [-0.3, -0.25) is 0 Å². The Morgan fingerprint density at radius 3 is 3.06 bits per heavy atom. The van der Waals surface area contributed by atoms with Gasteiger partial charge in [0.2, 0.25) is 5.95 Å². The first-order valence-corrected chi connectivity index (χ1v) is 6.44. The molecule has 3 aromatic rings. The van der Waals surface area contributed by atoms with E-state index < -0.39 is 0 Å². The number of rotatable bonds is 3. The summed E-state index contributed by atoms with van der Waals surface area (Å²) in [5.74, 6) is 0.179. The van der Waals surface area contributed by atoms with E-state index in [0.29, 0.717) is 18.1 Å². The van der Waals surface area contributed by atoms with Crippen LogP contribution in [0.3, 0.4) is 0 Å². The fraction of sp³-hybridized carbons (Fsp3) is 0.167. The van der Waals surface area contributed by atoms with E-state index in [1.54, 1.807) is 17.4 Å². The van der Waals surface area contributed by atoms with Crippen molar-refractivity contribution in [1.82, 2.24) is 14.6 Å². The van der Waals surface area contributed by atoms with Gasteiger partial charge in [-0.25, -0.2) is 8.91 Å². The largest absolute Gasteiger partial charge is 0.349 e. The van der Waals surface area contributed by atoms with E-state index in [9.17, 15) is 4.39 Å². The molecule has 0 radical (unpaired) electrons. The Labute approximate surface area is 107 Å². The van der Waals surface area contributed by atoms with Crippen molar-refractivity contribution in [3.05, 3.63) is 46.0 Å². The maximum absolute atomic E-state index is 13.0. The average molecular weight is 262 g/mol. The van der Waals surface area contributed by atoms with Crippen molar-refractivity contribution in [2.24, 2.45) is 0 Å². The predicted octanol–water partition coefficient (Wildman–Crippen LogP) is 2.85. The number of aromatic nitrogens is 3. The van der Waals surface area contributed by atoms with E-state index in [1.807, 2.05) is 0 Å². The highest BCUT2D eigenvalue weighted by atomic mass is 32.1. The molecule has 0 atom stereocenters. The van der Waals surface area contributed by atoms with E-state index in [1.165, 1.54) is 27.9 Å². The van der Waals surface area contributed by atoms with Crippen LogP contribution in [0.5, 0.6) is 0 Å². The molecule has 0 fully saturated rings. The number of anilines is 1. The average Bonchev–Trinajstić information content (AvgIpc) is 2.92. The van der Waals surface area contributed by atoms with Gasteiger partial charge in [0.1, 0.15) is 5.82 Å². The van der Waals surface area contributed by atoms with Gasteiger partial charge in [-0.15, -0.1) is 5.10 Å². The summed E-state index contributed by atoms with van der Waals surface area (Å²) in [5, 5.41) is 11.5. The summed E-state index contributed by atoms with van der Waals surface area (Å²) in [6.45, 7) is 2.74. The monoisotopic (exact) mass is 262 g/mol. The molecule has 1 N–H and O–H groups in total. The Kier molecular flexibility index (Phi) is 2.71. The van der Waals surface area contributed by atoms with Crippen LogP contribution in [0.15, 0.2) is 29.1 Å². The molecule has 0 aliphatic rings. The van der Waals surface area contributed by atoms with E-state index in [4.69, 9.17) is 0 Å². The summed E-state index contributed by atoms with van der Waals surface area (Å²) >= 11 is 1.67. The van der Waals surface area contributed by atoms with Crippen LogP contribution in [0.1, 0.15) is 11.1 Å². The third-order valence-electron chi connectivity index (χ3n) is 2.69. The van der Waals surface area contributed by atoms with Gasteiger partial charge >= 0.3 is 0 Å². The Balaban J connectivity index is 1.81.